The van der Waals surface area contributed by atoms with Crippen LogP contribution < -0.4 is 10.6 Å². The van der Waals surface area contributed by atoms with Crippen LogP contribution in [0, 0.1) is 0 Å². The predicted octanol–water partition coefficient (Wildman–Crippen LogP) is 3.09. The van der Waals surface area contributed by atoms with E-state index < -0.39 is 0 Å². The maximum atomic E-state index is 6.16. The summed E-state index contributed by atoms with van der Waals surface area (Å²) in [6, 6.07) is 9.43. The van der Waals surface area contributed by atoms with Gasteiger partial charge in [-0.05, 0) is 31.4 Å². The van der Waals surface area contributed by atoms with Crippen molar-refractivity contribution in [3.8, 4) is 0 Å². The molecule has 0 aromatic heterocycles. The molecular formula is C14H22N2. The Labute approximate surface area is 98.4 Å². The zero-order valence-electron chi connectivity index (χ0n) is 10.3. The molecule has 0 aliphatic carbocycles. The van der Waals surface area contributed by atoms with Crippen molar-refractivity contribution in [3.05, 3.63) is 29.8 Å². The van der Waals surface area contributed by atoms with Crippen molar-refractivity contribution in [3.63, 3.8) is 0 Å². The number of para-hydroxylation sites is 1. The van der Waals surface area contributed by atoms with Crippen molar-refractivity contribution in [1.29, 1.82) is 0 Å². The molecule has 1 aromatic carbocycles. The Balaban J connectivity index is 2.27. The van der Waals surface area contributed by atoms with Crippen LogP contribution >= 0.6 is 0 Å². The molecule has 1 aliphatic rings. The Hall–Kier alpha value is -1.02. The van der Waals surface area contributed by atoms with E-state index in [2.05, 4.69) is 43.0 Å². The molecule has 88 valence electrons. The summed E-state index contributed by atoms with van der Waals surface area (Å²) in [5.74, 6) is 0. The van der Waals surface area contributed by atoms with Crippen molar-refractivity contribution in [2.45, 2.75) is 45.2 Å². The van der Waals surface area contributed by atoms with Gasteiger partial charge in [0, 0.05) is 24.3 Å². The molecule has 16 heavy (non-hydrogen) atoms. The molecule has 0 bridgehead atoms. The predicted molar refractivity (Wildman–Crippen MR) is 69.7 cm³/mol. The van der Waals surface area contributed by atoms with Gasteiger partial charge in [0.15, 0.2) is 0 Å². The van der Waals surface area contributed by atoms with Gasteiger partial charge < -0.3 is 10.6 Å². The van der Waals surface area contributed by atoms with E-state index in [9.17, 15) is 0 Å². The van der Waals surface area contributed by atoms with Crippen LogP contribution in [0.15, 0.2) is 24.3 Å². The molecule has 0 spiro atoms. The van der Waals surface area contributed by atoms with Crippen LogP contribution in [0.1, 0.15) is 44.7 Å². The number of nitrogens with two attached hydrogens (primary N) is 1. The van der Waals surface area contributed by atoms with Crippen LogP contribution in [0.4, 0.5) is 5.69 Å². The lowest BCUT2D eigenvalue weighted by Gasteiger charge is -2.38. The lowest BCUT2D eigenvalue weighted by molar-refractivity contribution is 0.518. The number of benzene rings is 1. The van der Waals surface area contributed by atoms with Crippen molar-refractivity contribution in [2.75, 3.05) is 11.4 Å². The lowest BCUT2D eigenvalue weighted by Crippen LogP contribution is -2.39. The molecule has 2 nitrogen and oxygen atoms in total. The summed E-state index contributed by atoms with van der Waals surface area (Å²) in [6.45, 7) is 5.66. The Morgan fingerprint density at radius 3 is 2.94 bits per heavy atom. The minimum atomic E-state index is 0.223. The van der Waals surface area contributed by atoms with E-state index in [4.69, 9.17) is 5.73 Å². The molecular weight excluding hydrogens is 196 g/mol. The fraction of sp³-hybridized carbons (Fsp3) is 0.571. The number of anilines is 1. The first-order chi connectivity index (χ1) is 7.74. The van der Waals surface area contributed by atoms with Crippen LogP contribution in [0.25, 0.3) is 0 Å². The third kappa shape index (κ3) is 2.07. The van der Waals surface area contributed by atoms with E-state index in [1.807, 2.05) is 0 Å². The lowest BCUT2D eigenvalue weighted by atomic mass is 9.95. The van der Waals surface area contributed by atoms with E-state index in [0.29, 0.717) is 6.04 Å². The molecule has 0 amide bonds. The van der Waals surface area contributed by atoms with Gasteiger partial charge in [0.1, 0.15) is 0 Å². The van der Waals surface area contributed by atoms with E-state index in [0.717, 1.165) is 13.0 Å². The van der Waals surface area contributed by atoms with Gasteiger partial charge in [0.2, 0.25) is 0 Å². The quantitative estimate of drug-likeness (QED) is 0.844. The molecule has 2 atom stereocenters. The molecule has 2 rings (SSSR count). The van der Waals surface area contributed by atoms with Gasteiger partial charge in [-0.25, -0.2) is 0 Å². The second kappa shape index (κ2) is 4.88. The SMILES string of the molecule is CCCC(C)N1CCC(N)c2ccccc21. The van der Waals surface area contributed by atoms with Gasteiger partial charge >= 0.3 is 0 Å². The Morgan fingerprint density at radius 2 is 2.19 bits per heavy atom. The van der Waals surface area contributed by atoms with Crippen molar-refractivity contribution >= 4 is 5.69 Å². The van der Waals surface area contributed by atoms with Gasteiger partial charge in [-0.2, -0.15) is 0 Å². The highest BCUT2D eigenvalue weighted by molar-refractivity contribution is 5.57. The van der Waals surface area contributed by atoms with Gasteiger partial charge in [0.25, 0.3) is 0 Å². The molecule has 1 aromatic rings. The second-order valence-electron chi connectivity index (χ2n) is 4.79. The average molecular weight is 218 g/mol. The summed E-state index contributed by atoms with van der Waals surface area (Å²) in [5.41, 5.74) is 8.82. The monoisotopic (exact) mass is 218 g/mol. The minimum absolute atomic E-state index is 0.223. The van der Waals surface area contributed by atoms with Crippen molar-refractivity contribution < 1.29 is 0 Å². The largest absolute Gasteiger partial charge is 0.368 e. The third-order valence-electron chi connectivity index (χ3n) is 3.57. The van der Waals surface area contributed by atoms with E-state index in [-0.39, 0.29) is 6.04 Å². The summed E-state index contributed by atoms with van der Waals surface area (Å²) in [7, 11) is 0. The third-order valence-corrected chi connectivity index (χ3v) is 3.57. The molecule has 0 fully saturated rings. The number of hydrogen-bond acceptors (Lipinski definition) is 2. The summed E-state index contributed by atoms with van der Waals surface area (Å²) in [4.78, 5) is 2.52. The highest BCUT2D eigenvalue weighted by Crippen LogP contribution is 2.33. The molecule has 1 heterocycles. The summed E-state index contributed by atoms with van der Waals surface area (Å²) in [5, 5.41) is 0. The second-order valence-corrected chi connectivity index (χ2v) is 4.79. The molecule has 0 radical (unpaired) electrons. The Bertz CT molecular complexity index is 348. The first kappa shape index (κ1) is 11.5. The van der Waals surface area contributed by atoms with Gasteiger partial charge in [-0.3, -0.25) is 0 Å². The zero-order chi connectivity index (χ0) is 11.5. The normalized spacial score (nSPS) is 21.7. The Morgan fingerprint density at radius 1 is 1.44 bits per heavy atom. The van der Waals surface area contributed by atoms with Gasteiger partial charge in [0.05, 0.1) is 0 Å². The van der Waals surface area contributed by atoms with Crippen molar-refractivity contribution in [2.24, 2.45) is 5.73 Å². The van der Waals surface area contributed by atoms with E-state index in [1.165, 1.54) is 24.1 Å². The Kier molecular flexibility index (Phi) is 3.49. The average Bonchev–Trinajstić information content (AvgIpc) is 2.30. The molecule has 2 unspecified atom stereocenters. The van der Waals surface area contributed by atoms with Crippen LogP contribution in [0.3, 0.4) is 0 Å². The smallest absolute Gasteiger partial charge is 0.0417 e. The summed E-state index contributed by atoms with van der Waals surface area (Å²) < 4.78 is 0. The first-order valence-corrected chi connectivity index (χ1v) is 6.35. The number of rotatable bonds is 3. The summed E-state index contributed by atoms with van der Waals surface area (Å²) in [6.07, 6.45) is 3.57. The zero-order valence-corrected chi connectivity index (χ0v) is 10.3. The minimum Gasteiger partial charge on any atom is -0.368 e. The van der Waals surface area contributed by atoms with Crippen LogP contribution in [-0.2, 0) is 0 Å². The number of nitrogens with zero attached hydrogens (tertiary/aromatic N) is 1. The molecule has 2 N–H and O–H groups in total. The topological polar surface area (TPSA) is 29.3 Å². The van der Waals surface area contributed by atoms with Crippen LogP contribution in [-0.4, -0.2) is 12.6 Å². The maximum Gasteiger partial charge on any atom is 0.0417 e. The van der Waals surface area contributed by atoms with Gasteiger partial charge in [-0.15, -0.1) is 0 Å². The van der Waals surface area contributed by atoms with Crippen LogP contribution in [0.5, 0.6) is 0 Å². The van der Waals surface area contributed by atoms with E-state index >= 15 is 0 Å². The highest BCUT2D eigenvalue weighted by atomic mass is 15.2. The maximum absolute atomic E-state index is 6.16. The molecule has 0 saturated carbocycles. The van der Waals surface area contributed by atoms with Gasteiger partial charge in [-0.1, -0.05) is 31.5 Å². The molecule has 1 aliphatic heterocycles. The fourth-order valence-electron chi connectivity index (χ4n) is 2.65. The summed E-state index contributed by atoms with van der Waals surface area (Å²) >= 11 is 0. The fourth-order valence-corrected chi connectivity index (χ4v) is 2.65. The van der Waals surface area contributed by atoms with E-state index in [1.54, 1.807) is 0 Å². The van der Waals surface area contributed by atoms with Crippen LogP contribution in [0.2, 0.25) is 0 Å². The standard InChI is InChI=1S/C14H22N2/c1-3-6-11(2)16-10-9-13(15)12-7-4-5-8-14(12)16/h4-5,7-8,11,13H,3,6,9-10,15H2,1-2H3. The number of fused-ring (bicyclic) bond motifs is 1. The molecule has 2 heteroatoms. The van der Waals surface area contributed by atoms with Crippen molar-refractivity contribution in [1.82, 2.24) is 0 Å². The first-order valence-electron chi connectivity index (χ1n) is 6.35. The molecule has 0 saturated heterocycles. The highest BCUT2D eigenvalue weighted by Gasteiger charge is 2.24. The number of hydrogen-bond donors (Lipinski definition) is 1.